The zero-order valence-corrected chi connectivity index (χ0v) is 10.1. The molecule has 1 aromatic heterocycles. The summed E-state index contributed by atoms with van der Waals surface area (Å²) in [5.41, 5.74) is 6.86. The second kappa shape index (κ2) is 4.97. The van der Waals surface area contributed by atoms with E-state index in [2.05, 4.69) is 17.1 Å². The van der Waals surface area contributed by atoms with Crippen molar-refractivity contribution in [3.63, 3.8) is 0 Å². The quantitative estimate of drug-likeness (QED) is 0.847. The van der Waals surface area contributed by atoms with Gasteiger partial charge in [0.15, 0.2) is 5.76 Å². The predicted octanol–water partition coefficient (Wildman–Crippen LogP) is 1.68. The Morgan fingerprint density at radius 2 is 2.12 bits per heavy atom. The first kappa shape index (κ1) is 11.6. The monoisotopic (exact) mass is 223 g/mol. The van der Waals surface area contributed by atoms with Gasteiger partial charge in [-0.15, -0.1) is 0 Å². The Morgan fingerprint density at radius 3 is 2.69 bits per heavy atom. The highest BCUT2D eigenvalue weighted by Crippen LogP contribution is 2.22. The van der Waals surface area contributed by atoms with E-state index in [-0.39, 0.29) is 0 Å². The van der Waals surface area contributed by atoms with Crippen LogP contribution in [0.1, 0.15) is 37.1 Å². The summed E-state index contributed by atoms with van der Waals surface area (Å²) in [6.07, 6.45) is 4.68. The molecule has 1 aliphatic rings. The van der Waals surface area contributed by atoms with Crippen LogP contribution in [-0.4, -0.2) is 29.2 Å². The fourth-order valence-electron chi connectivity index (χ4n) is 2.41. The molecule has 0 bridgehead atoms. The number of aryl methyl sites for hydroxylation is 1. The van der Waals surface area contributed by atoms with Crippen LogP contribution in [0.4, 0.5) is 0 Å². The van der Waals surface area contributed by atoms with Crippen molar-refractivity contribution in [2.45, 2.75) is 51.2 Å². The highest BCUT2D eigenvalue weighted by molar-refractivity contribution is 5.03. The molecule has 4 heteroatoms. The van der Waals surface area contributed by atoms with E-state index in [1.165, 1.54) is 12.8 Å². The molecule has 0 radical (unpaired) electrons. The Kier molecular flexibility index (Phi) is 3.61. The molecule has 2 rings (SSSR count). The molecular weight excluding hydrogens is 202 g/mol. The third-order valence-corrected chi connectivity index (χ3v) is 3.45. The normalized spacial score (nSPS) is 26.2. The van der Waals surface area contributed by atoms with Crippen LogP contribution < -0.4 is 5.73 Å². The van der Waals surface area contributed by atoms with Gasteiger partial charge in [-0.25, -0.2) is 0 Å². The number of nitrogens with zero attached hydrogens (tertiary/aromatic N) is 2. The van der Waals surface area contributed by atoms with Gasteiger partial charge in [0.05, 0.1) is 12.2 Å². The minimum absolute atomic E-state index is 0.414. The molecule has 1 aliphatic carbocycles. The lowest BCUT2D eigenvalue weighted by Crippen LogP contribution is -2.38. The van der Waals surface area contributed by atoms with E-state index in [1.54, 1.807) is 0 Å². The zero-order chi connectivity index (χ0) is 11.5. The molecule has 16 heavy (non-hydrogen) atoms. The highest BCUT2D eigenvalue weighted by Gasteiger charge is 2.22. The number of aromatic nitrogens is 1. The molecule has 90 valence electrons. The van der Waals surface area contributed by atoms with Gasteiger partial charge in [0.25, 0.3) is 0 Å². The van der Waals surface area contributed by atoms with Gasteiger partial charge in [-0.3, -0.25) is 4.90 Å². The number of hydrogen-bond donors (Lipinski definition) is 1. The minimum atomic E-state index is 0.414. The maximum absolute atomic E-state index is 5.91. The Morgan fingerprint density at radius 1 is 1.44 bits per heavy atom. The molecule has 0 aliphatic heterocycles. The van der Waals surface area contributed by atoms with Gasteiger partial charge in [-0.05, 0) is 39.7 Å². The predicted molar refractivity (Wildman–Crippen MR) is 62.9 cm³/mol. The van der Waals surface area contributed by atoms with Crippen LogP contribution in [-0.2, 0) is 6.54 Å². The van der Waals surface area contributed by atoms with E-state index in [0.717, 1.165) is 30.8 Å². The summed E-state index contributed by atoms with van der Waals surface area (Å²) in [5.74, 6) is 0.954. The second-order valence-electron chi connectivity index (χ2n) is 4.92. The van der Waals surface area contributed by atoms with Crippen molar-refractivity contribution < 1.29 is 4.52 Å². The number of hydrogen-bond acceptors (Lipinski definition) is 4. The molecular formula is C12H21N3O. The first-order valence-electron chi connectivity index (χ1n) is 6.03. The summed E-state index contributed by atoms with van der Waals surface area (Å²) in [6, 6.07) is 3.06. The Hall–Kier alpha value is -0.870. The highest BCUT2D eigenvalue weighted by atomic mass is 16.5. The molecule has 1 saturated carbocycles. The summed E-state index contributed by atoms with van der Waals surface area (Å²) in [7, 11) is 2.15. The van der Waals surface area contributed by atoms with Gasteiger partial charge < -0.3 is 10.3 Å². The SMILES string of the molecule is Cc1cc(CN(C)C2CCC(N)CC2)on1. The van der Waals surface area contributed by atoms with Crippen molar-refractivity contribution in [2.24, 2.45) is 5.73 Å². The Bertz CT molecular complexity index is 329. The van der Waals surface area contributed by atoms with E-state index in [9.17, 15) is 0 Å². The minimum Gasteiger partial charge on any atom is -0.360 e. The lowest BCUT2D eigenvalue weighted by atomic mass is 9.91. The van der Waals surface area contributed by atoms with E-state index in [4.69, 9.17) is 10.3 Å². The van der Waals surface area contributed by atoms with Crippen molar-refractivity contribution in [2.75, 3.05) is 7.05 Å². The van der Waals surface area contributed by atoms with E-state index in [1.807, 2.05) is 13.0 Å². The van der Waals surface area contributed by atoms with Crippen LogP contribution in [0.25, 0.3) is 0 Å². The van der Waals surface area contributed by atoms with Crippen molar-refractivity contribution in [3.8, 4) is 0 Å². The average molecular weight is 223 g/mol. The van der Waals surface area contributed by atoms with E-state index in [0.29, 0.717) is 12.1 Å². The Labute approximate surface area is 96.8 Å². The number of rotatable bonds is 3. The van der Waals surface area contributed by atoms with Crippen LogP contribution >= 0.6 is 0 Å². The van der Waals surface area contributed by atoms with Crippen LogP contribution in [0.3, 0.4) is 0 Å². The Balaban J connectivity index is 1.85. The van der Waals surface area contributed by atoms with Gasteiger partial charge in [0.1, 0.15) is 0 Å². The maximum Gasteiger partial charge on any atom is 0.150 e. The van der Waals surface area contributed by atoms with Gasteiger partial charge >= 0.3 is 0 Å². The summed E-state index contributed by atoms with van der Waals surface area (Å²) in [5, 5.41) is 3.91. The van der Waals surface area contributed by atoms with Crippen molar-refractivity contribution in [3.05, 3.63) is 17.5 Å². The first-order chi connectivity index (χ1) is 7.65. The standard InChI is InChI=1S/C12H21N3O/c1-9-7-12(16-14-9)8-15(2)11-5-3-10(13)4-6-11/h7,10-11H,3-6,8,13H2,1-2H3. The molecule has 0 amide bonds. The van der Waals surface area contributed by atoms with Gasteiger partial charge in [0.2, 0.25) is 0 Å². The molecule has 2 N–H and O–H groups in total. The topological polar surface area (TPSA) is 55.3 Å². The molecule has 0 saturated heterocycles. The molecule has 1 heterocycles. The van der Waals surface area contributed by atoms with E-state index < -0.39 is 0 Å². The van der Waals surface area contributed by atoms with Gasteiger partial charge in [-0.1, -0.05) is 5.16 Å². The zero-order valence-electron chi connectivity index (χ0n) is 10.1. The summed E-state index contributed by atoms with van der Waals surface area (Å²) in [6.45, 7) is 2.80. The van der Waals surface area contributed by atoms with Crippen LogP contribution in [0.15, 0.2) is 10.6 Å². The fourth-order valence-corrected chi connectivity index (χ4v) is 2.41. The molecule has 1 fully saturated rings. The summed E-state index contributed by atoms with van der Waals surface area (Å²) in [4.78, 5) is 2.35. The summed E-state index contributed by atoms with van der Waals surface area (Å²) >= 11 is 0. The molecule has 0 atom stereocenters. The fraction of sp³-hybridized carbons (Fsp3) is 0.750. The third kappa shape index (κ3) is 2.83. The molecule has 0 spiro atoms. The molecule has 4 nitrogen and oxygen atoms in total. The lowest BCUT2D eigenvalue weighted by Gasteiger charge is -2.32. The van der Waals surface area contributed by atoms with Crippen LogP contribution in [0.2, 0.25) is 0 Å². The number of nitrogens with two attached hydrogens (primary N) is 1. The molecule has 1 aromatic rings. The first-order valence-corrected chi connectivity index (χ1v) is 6.03. The van der Waals surface area contributed by atoms with E-state index >= 15 is 0 Å². The largest absolute Gasteiger partial charge is 0.360 e. The maximum atomic E-state index is 5.91. The average Bonchev–Trinajstić information content (AvgIpc) is 2.65. The van der Waals surface area contributed by atoms with Crippen LogP contribution in [0.5, 0.6) is 0 Å². The van der Waals surface area contributed by atoms with Gasteiger partial charge in [-0.2, -0.15) is 0 Å². The van der Waals surface area contributed by atoms with Crippen molar-refractivity contribution >= 4 is 0 Å². The second-order valence-corrected chi connectivity index (χ2v) is 4.92. The van der Waals surface area contributed by atoms with Crippen molar-refractivity contribution in [1.82, 2.24) is 10.1 Å². The van der Waals surface area contributed by atoms with Gasteiger partial charge in [0, 0.05) is 18.2 Å². The summed E-state index contributed by atoms with van der Waals surface area (Å²) < 4.78 is 5.23. The van der Waals surface area contributed by atoms with Crippen molar-refractivity contribution in [1.29, 1.82) is 0 Å². The smallest absolute Gasteiger partial charge is 0.150 e. The lowest BCUT2D eigenvalue weighted by molar-refractivity contribution is 0.161. The molecule has 0 aromatic carbocycles. The van der Waals surface area contributed by atoms with Crippen LogP contribution in [0, 0.1) is 6.92 Å². The third-order valence-electron chi connectivity index (χ3n) is 3.45. The molecule has 0 unspecified atom stereocenters.